The van der Waals surface area contributed by atoms with E-state index in [-0.39, 0.29) is 12.3 Å². The number of nitrogens with one attached hydrogen (secondary N) is 3. The molecular weight excluding hydrogens is 366 g/mol. The van der Waals surface area contributed by atoms with E-state index in [1.807, 2.05) is 42.5 Å². The second-order valence-corrected chi connectivity index (χ2v) is 6.40. The van der Waals surface area contributed by atoms with Crippen LogP contribution in [0, 0.1) is 17.3 Å². The van der Waals surface area contributed by atoms with Gasteiger partial charge in [0.15, 0.2) is 0 Å². The first-order chi connectivity index (χ1) is 14.1. The second kappa shape index (κ2) is 9.47. The van der Waals surface area contributed by atoms with E-state index in [0.717, 1.165) is 11.3 Å². The van der Waals surface area contributed by atoms with Gasteiger partial charge in [-0.3, -0.25) is 4.79 Å². The molecule has 3 rings (SSSR count). The van der Waals surface area contributed by atoms with Crippen molar-refractivity contribution in [1.82, 2.24) is 5.32 Å². The lowest BCUT2D eigenvalue weighted by Gasteiger charge is -2.10. The van der Waals surface area contributed by atoms with Crippen molar-refractivity contribution >= 4 is 17.3 Å². The first-order valence-electron chi connectivity index (χ1n) is 9.22. The number of methoxy groups -OCH3 is 1. The van der Waals surface area contributed by atoms with Gasteiger partial charge in [0.2, 0.25) is 5.91 Å². The van der Waals surface area contributed by atoms with Crippen LogP contribution in [-0.2, 0) is 11.3 Å². The molecule has 0 fully saturated rings. The minimum absolute atomic E-state index is 0.156. The number of hydrogen-bond acceptors (Lipinski definition) is 5. The van der Waals surface area contributed by atoms with Crippen LogP contribution in [0.4, 0.5) is 5.69 Å². The molecule has 0 saturated heterocycles. The highest BCUT2D eigenvalue weighted by atomic mass is 16.5. The van der Waals surface area contributed by atoms with Gasteiger partial charge in [-0.25, -0.2) is 0 Å². The number of ether oxygens (including phenoxy) is 2. The van der Waals surface area contributed by atoms with E-state index in [9.17, 15) is 4.79 Å². The summed E-state index contributed by atoms with van der Waals surface area (Å²) in [4.78, 5) is 11.9. The molecule has 1 aliphatic heterocycles. The maximum Gasteiger partial charge on any atom is 0.236 e. The summed E-state index contributed by atoms with van der Waals surface area (Å²) in [5.41, 5.74) is 3.49. The summed E-state index contributed by atoms with van der Waals surface area (Å²) in [6.07, 6.45) is 1.91. The lowest BCUT2D eigenvalue weighted by molar-refractivity contribution is -0.115. The highest BCUT2D eigenvalue weighted by molar-refractivity contribution is 6.08. The largest absolute Gasteiger partial charge is 0.496 e. The monoisotopic (exact) mass is 389 g/mol. The Hall–Kier alpha value is -3.72. The number of amides is 1. The Morgan fingerprint density at radius 2 is 2.17 bits per heavy atom. The summed E-state index contributed by atoms with van der Waals surface area (Å²) in [6.45, 7) is 2.56. The summed E-state index contributed by atoms with van der Waals surface area (Å²) < 4.78 is 11.3. The van der Waals surface area contributed by atoms with Crippen LogP contribution in [0.5, 0.6) is 11.5 Å². The van der Waals surface area contributed by atoms with Gasteiger partial charge in [0.25, 0.3) is 0 Å². The van der Waals surface area contributed by atoms with Gasteiger partial charge in [0.05, 0.1) is 24.9 Å². The van der Waals surface area contributed by atoms with Crippen LogP contribution in [0.2, 0.25) is 0 Å². The average molecular weight is 389 g/mol. The summed E-state index contributed by atoms with van der Waals surface area (Å²) in [5.74, 6) is 6.65. The number of benzene rings is 2. The Bertz CT molecular complexity index is 1020. The standard InChI is InChI=1S/C23H23N3O3/c1-3-4-9-23(27)26-17-11-10-16-14-25-18(15-29-22(16)13-17)12-20(24)19-7-5-6-8-21(19)28-2/h5-8,10-13,24-25H,9,14-15H2,1-2H3,(H,26,27)/b18-12-,24-20?. The van der Waals surface area contributed by atoms with Gasteiger partial charge in [0, 0.05) is 29.4 Å². The Kier molecular flexibility index (Phi) is 6.54. The summed E-state index contributed by atoms with van der Waals surface area (Å²) in [7, 11) is 1.59. The Balaban J connectivity index is 1.71. The van der Waals surface area contributed by atoms with Crippen LogP contribution in [-0.4, -0.2) is 25.3 Å². The van der Waals surface area contributed by atoms with Crippen molar-refractivity contribution in [2.45, 2.75) is 19.9 Å². The van der Waals surface area contributed by atoms with Crippen molar-refractivity contribution in [1.29, 1.82) is 5.41 Å². The van der Waals surface area contributed by atoms with E-state index < -0.39 is 0 Å². The van der Waals surface area contributed by atoms with Gasteiger partial charge in [-0.15, -0.1) is 5.92 Å². The van der Waals surface area contributed by atoms with Crippen LogP contribution in [0.1, 0.15) is 24.5 Å². The molecule has 0 aromatic heterocycles. The van der Waals surface area contributed by atoms with Crippen LogP contribution in [0.25, 0.3) is 0 Å². The molecule has 1 aliphatic rings. The zero-order chi connectivity index (χ0) is 20.6. The summed E-state index contributed by atoms with van der Waals surface area (Å²) in [5, 5.41) is 14.5. The molecule has 148 valence electrons. The number of rotatable bonds is 5. The minimum Gasteiger partial charge on any atom is -0.496 e. The first-order valence-corrected chi connectivity index (χ1v) is 9.22. The molecule has 0 radical (unpaired) electrons. The van der Waals surface area contributed by atoms with Crippen molar-refractivity contribution in [3.63, 3.8) is 0 Å². The molecule has 1 amide bonds. The zero-order valence-corrected chi connectivity index (χ0v) is 16.5. The van der Waals surface area contributed by atoms with E-state index >= 15 is 0 Å². The Morgan fingerprint density at radius 1 is 1.34 bits per heavy atom. The molecule has 1 heterocycles. The molecule has 6 heteroatoms. The second-order valence-electron chi connectivity index (χ2n) is 6.40. The summed E-state index contributed by atoms with van der Waals surface area (Å²) in [6, 6.07) is 13.0. The molecule has 2 aromatic carbocycles. The molecule has 0 spiro atoms. The van der Waals surface area contributed by atoms with Crippen molar-refractivity contribution in [3.8, 4) is 23.3 Å². The van der Waals surface area contributed by atoms with E-state index in [1.54, 1.807) is 20.1 Å². The van der Waals surface area contributed by atoms with Crippen LogP contribution >= 0.6 is 0 Å². The summed E-state index contributed by atoms with van der Waals surface area (Å²) >= 11 is 0. The third-order valence-corrected chi connectivity index (χ3v) is 4.38. The maximum absolute atomic E-state index is 11.9. The number of para-hydroxylation sites is 1. The normalized spacial score (nSPS) is 13.7. The third-order valence-electron chi connectivity index (χ3n) is 4.38. The number of carbonyl (C=O) groups is 1. The zero-order valence-electron chi connectivity index (χ0n) is 16.5. The molecule has 0 saturated carbocycles. The maximum atomic E-state index is 11.9. The fourth-order valence-corrected chi connectivity index (χ4v) is 2.91. The van der Waals surface area contributed by atoms with Gasteiger partial charge in [-0.2, -0.15) is 0 Å². The highest BCUT2D eigenvalue weighted by Crippen LogP contribution is 2.26. The van der Waals surface area contributed by atoms with Crippen molar-refractivity contribution in [2.24, 2.45) is 0 Å². The third kappa shape index (κ3) is 5.17. The first kappa shape index (κ1) is 20.0. The molecule has 6 nitrogen and oxygen atoms in total. The van der Waals surface area contributed by atoms with Crippen LogP contribution in [0.15, 0.2) is 54.2 Å². The van der Waals surface area contributed by atoms with Gasteiger partial charge < -0.3 is 25.5 Å². The fourth-order valence-electron chi connectivity index (χ4n) is 2.91. The molecule has 0 bridgehead atoms. The molecule has 3 N–H and O–H groups in total. The van der Waals surface area contributed by atoms with Crippen molar-refractivity contribution in [2.75, 3.05) is 19.0 Å². The molecule has 29 heavy (non-hydrogen) atoms. The van der Waals surface area contributed by atoms with Gasteiger partial charge in [-0.1, -0.05) is 24.1 Å². The number of anilines is 1. The smallest absolute Gasteiger partial charge is 0.236 e. The minimum atomic E-state index is -0.156. The van der Waals surface area contributed by atoms with Crippen molar-refractivity contribution in [3.05, 3.63) is 65.4 Å². The number of fused-ring (bicyclic) bond motifs is 1. The molecular formula is C23H23N3O3. The van der Waals surface area contributed by atoms with E-state index in [1.165, 1.54) is 0 Å². The molecule has 0 aliphatic carbocycles. The SMILES string of the molecule is CC#CCC(=O)Nc1ccc2c(c1)OC/C(=C/C(=N)c1ccccc1OC)NC2. The van der Waals surface area contributed by atoms with Crippen molar-refractivity contribution < 1.29 is 14.3 Å². The molecule has 0 atom stereocenters. The lowest BCUT2D eigenvalue weighted by Crippen LogP contribution is -2.16. The van der Waals surface area contributed by atoms with Gasteiger partial charge >= 0.3 is 0 Å². The lowest BCUT2D eigenvalue weighted by atomic mass is 10.1. The number of carbonyl (C=O) groups excluding carboxylic acids is 1. The van der Waals surface area contributed by atoms with Gasteiger partial charge in [0.1, 0.15) is 18.1 Å². The highest BCUT2D eigenvalue weighted by Gasteiger charge is 2.14. The topological polar surface area (TPSA) is 83.4 Å². The number of hydrogen-bond donors (Lipinski definition) is 3. The predicted octanol–water partition coefficient (Wildman–Crippen LogP) is 3.48. The number of allylic oxidation sites excluding steroid dienone is 1. The Morgan fingerprint density at radius 3 is 2.97 bits per heavy atom. The fraction of sp³-hybridized carbons (Fsp3) is 0.217. The predicted molar refractivity (Wildman–Crippen MR) is 113 cm³/mol. The molecule has 0 unspecified atom stereocenters. The van der Waals surface area contributed by atoms with Crippen LogP contribution < -0.4 is 20.1 Å². The van der Waals surface area contributed by atoms with E-state index in [0.29, 0.717) is 41.6 Å². The van der Waals surface area contributed by atoms with Crippen LogP contribution in [0.3, 0.4) is 0 Å². The van der Waals surface area contributed by atoms with E-state index in [4.69, 9.17) is 14.9 Å². The van der Waals surface area contributed by atoms with E-state index in [2.05, 4.69) is 22.5 Å². The molecule has 2 aromatic rings. The quantitative estimate of drug-likeness (QED) is 0.540. The van der Waals surface area contributed by atoms with Gasteiger partial charge in [-0.05, 0) is 31.2 Å². The Labute approximate surface area is 170 Å². The average Bonchev–Trinajstić information content (AvgIpc) is 2.94.